The van der Waals surface area contributed by atoms with Gasteiger partial charge in [0, 0.05) is 12.6 Å². The molecule has 3 atom stereocenters. The zero-order valence-electron chi connectivity index (χ0n) is 11.4. The van der Waals surface area contributed by atoms with Crippen molar-refractivity contribution < 1.29 is 14.7 Å². The number of piperidine rings is 1. The Morgan fingerprint density at radius 1 is 1.26 bits per heavy atom. The Balaban J connectivity index is 2.19. The zero-order valence-corrected chi connectivity index (χ0v) is 12.2. The van der Waals surface area contributed by atoms with E-state index in [1.165, 1.54) is 6.07 Å². The fourth-order valence-corrected chi connectivity index (χ4v) is 3.49. The number of hydrogen-bond donors (Lipinski definition) is 1. The Morgan fingerprint density at radius 2 is 1.89 bits per heavy atom. The highest BCUT2D eigenvalue weighted by Crippen LogP contribution is 2.29. The maximum absolute atomic E-state index is 12.5. The number of amides is 1. The van der Waals surface area contributed by atoms with E-state index in [1.54, 1.807) is 6.07 Å². The highest BCUT2D eigenvalue weighted by Gasteiger charge is 2.33. The summed E-state index contributed by atoms with van der Waals surface area (Å²) >= 11 is 1.06. The molecule has 4 nitrogen and oxygen atoms in total. The van der Waals surface area contributed by atoms with Gasteiger partial charge in [0.1, 0.15) is 4.88 Å². The number of carboxylic acids is 1. The molecule has 1 fully saturated rings. The second kappa shape index (κ2) is 5.33. The van der Waals surface area contributed by atoms with Gasteiger partial charge in [0.05, 0.1) is 4.88 Å². The van der Waals surface area contributed by atoms with Gasteiger partial charge in [-0.2, -0.15) is 0 Å². The van der Waals surface area contributed by atoms with Crippen molar-refractivity contribution in [2.45, 2.75) is 33.2 Å². The molecular weight excluding hydrogens is 262 g/mol. The maximum atomic E-state index is 12.5. The van der Waals surface area contributed by atoms with Gasteiger partial charge in [-0.3, -0.25) is 4.79 Å². The lowest BCUT2D eigenvalue weighted by atomic mass is 9.86. The third kappa shape index (κ3) is 2.81. The Hall–Kier alpha value is -1.36. The first-order valence-corrected chi connectivity index (χ1v) is 7.36. The first kappa shape index (κ1) is 14.1. The quantitative estimate of drug-likeness (QED) is 0.906. The van der Waals surface area contributed by atoms with E-state index >= 15 is 0 Å². The van der Waals surface area contributed by atoms with Crippen molar-refractivity contribution in [3.8, 4) is 0 Å². The summed E-state index contributed by atoms with van der Waals surface area (Å²) in [6, 6.07) is 3.33. The van der Waals surface area contributed by atoms with E-state index in [9.17, 15) is 9.59 Å². The average molecular weight is 281 g/mol. The summed E-state index contributed by atoms with van der Waals surface area (Å²) in [7, 11) is 0. The Bertz CT molecular complexity index is 497. The molecule has 0 spiro atoms. The van der Waals surface area contributed by atoms with Gasteiger partial charge in [0.15, 0.2) is 0 Å². The molecule has 0 aliphatic carbocycles. The lowest BCUT2D eigenvalue weighted by molar-refractivity contribution is 0.0460. The maximum Gasteiger partial charge on any atom is 0.345 e. The van der Waals surface area contributed by atoms with Crippen LogP contribution in [0, 0.1) is 11.8 Å². The molecule has 1 aliphatic heterocycles. The summed E-state index contributed by atoms with van der Waals surface area (Å²) in [5, 5.41) is 8.91. The number of carboxylic acid groups (broad SMARTS) is 1. The summed E-state index contributed by atoms with van der Waals surface area (Å²) in [5.41, 5.74) is 0. The zero-order chi connectivity index (χ0) is 14.2. The van der Waals surface area contributed by atoms with Crippen LogP contribution in [-0.2, 0) is 0 Å². The molecule has 1 amide bonds. The number of rotatable bonds is 2. The molecule has 104 valence electrons. The van der Waals surface area contributed by atoms with Crippen LogP contribution in [0.15, 0.2) is 12.1 Å². The minimum Gasteiger partial charge on any atom is -0.477 e. The van der Waals surface area contributed by atoms with E-state index in [4.69, 9.17) is 5.11 Å². The molecule has 1 aliphatic rings. The Kier molecular flexibility index (Phi) is 3.94. The normalized spacial score (nSPS) is 27.3. The summed E-state index contributed by atoms with van der Waals surface area (Å²) in [6.45, 7) is 7.14. The van der Waals surface area contributed by atoms with Crippen molar-refractivity contribution in [3.63, 3.8) is 0 Å². The van der Waals surface area contributed by atoms with Gasteiger partial charge < -0.3 is 10.0 Å². The predicted octanol–water partition coefficient (Wildman–Crippen LogP) is 2.95. The molecule has 3 unspecified atom stereocenters. The van der Waals surface area contributed by atoms with Gasteiger partial charge in [-0.25, -0.2) is 4.79 Å². The van der Waals surface area contributed by atoms with E-state index in [-0.39, 0.29) is 16.8 Å². The highest BCUT2D eigenvalue weighted by atomic mass is 32.1. The summed E-state index contributed by atoms with van der Waals surface area (Å²) < 4.78 is 0. The van der Waals surface area contributed by atoms with Crippen LogP contribution in [0.3, 0.4) is 0 Å². The van der Waals surface area contributed by atoms with Crippen LogP contribution in [0.5, 0.6) is 0 Å². The molecule has 0 radical (unpaired) electrons. The number of hydrogen-bond acceptors (Lipinski definition) is 3. The topological polar surface area (TPSA) is 57.6 Å². The van der Waals surface area contributed by atoms with Gasteiger partial charge in [0.25, 0.3) is 5.91 Å². The minimum absolute atomic E-state index is 0.0385. The SMILES string of the molecule is CC1CC(C)C(C)N(C(=O)c2ccc(C(=O)O)s2)C1. The molecule has 2 heterocycles. The minimum atomic E-state index is -0.975. The van der Waals surface area contributed by atoms with Gasteiger partial charge in [-0.05, 0) is 37.3 Å². The number of nitrogens with zero attached hydrogens (tertiary/aromatic N) is 1. The highest BCUT2D eigenvalue weighted by molar-refractivity contribution is 7.15. The number of thiophene rings is 1. The van der Waals surface area contributed by atoms with Crippen LogP contribution in [0.1, 0.15) is 46.5 Å². The number of aromatic carboxylic acids is 1. The average Bonchev–Trinajstić information content (AvgIpc) is 2.82. The Morgan fingerprint density at radius 3 is 2.47 bits per heavy atom. The van der Waals surface area contributed by atoms with E-state index in [0.717, 1.165) is 24.3 Å². The van der Waals surface area contributed by atoms with Crippen LogP contribution >= 0.6 is 11.3 Å². The van der Waals surface area contributed by atoms with Crippen LogP contribution < -0.4 is 0 Å². The van der Waals surface area contributed by atoms with Crippen molar-refractivity contribution in [1.82, 2.24) is 4.90 Å². The second-order valence-corrected chi connectivity index (χ2v) is 6.57. The first-order chi connectivity index (χ1) is 8.90. The molecule has 1 aromatic rings. The second-order valence-electron chi connectivity index (χ2n) is 5.49. The fourth-order valence-electron chi connectivity index (χ4n) is 2.69. The van der Waals surface area contributed by atoms with Gasteiger partial charge in [-0.1, -0.05) is 13.8 Å². The van der Waals surface area contributed by atoms with Crippen molar-refractivity contribution >= 4 is 23.2 Å². The molecule has 1 saturated heterocycles. The molecule has 0 aromatic carbocycles. The number of likely N-dealkylation sites (tertiary alicyclic amines) is 1. The largest absolute Gasteiger partial charge is 0.477 e. The molecular formula is C14H19NO3S. The fraction of sp³-hybridized carbons (Fsp3) is 0.571. The number of carbonyl (C=O) groups is 2. The third-order valence-corrected chi connectivity index (χ3v) is 4.95. The molecule has 19 heavy (non-hydrogen) atoms. The molecule has 0 saturated carbocycles. The van der Waals surface area contributed by atoms with E-state index in [2.05, 4.69) is 20.8 Å². The van der Waals surface area contributed by atoms with Crippen molar-refractivity contribution in [2.75, 3.05) is 6.54 Å². The van der Waals surface area contributed by atoms with E-state index < -0.39 is 5.97 Å². The smallest absolute Gasteiger partial charge is 0.345 e. The number of carbonyl (C=O) groups excluding carboxylic acids is 1. The van der Waals surface area contributed by atoms with E-state index in [0.29, 0.717) is 16.7 Å². The summed E-state index contributed by atoms with van der Waals surface area (Å²) in [5.74, 6) is -0.0402. The molecule has 5 heteroatoms. The van der Waals surface area contributed by atoms with Gasteiger partial charge >= 0.3 is 5.97 Å². The van der Waals surface area contributed by atoms with Crippen molar-refractivity contribution in [3.05, 3.63) is 21.9 Å². The first-order valence-electron chi connectivity index (χ1n) is 6.54. The predicted molar refractivity (Wildman–Crippen MR) is 74.7 cm³/mol. The molecule has 0 bridgehead atoms. The van der Waals surface area contributed by atoms with Crippen LogP contribution in [0.2, 0.25) is 0 Å². The molecule has 1 aromatic heterocycles. The summed E-state index contributed by atoms with van der Waals surface area (Å²) in [4.78, 5) is 26.0. The standard InChI is InChI=1S/C14H19NO3S/c1-8-6-9(2)10(3)15(7-8)13(16)11-4-5-12(19-11)14(17)18/h4-5,8-10H,6-7H2,1-3H3,(H,17,18). The lowest BCUT2D eigenvalue weighted by Gasteiger charge is -2.40. The van der Waals surface area contributed by atoms with Crippen LogP contribution in [0.4, 0.5) is 0 Å². The summed E-state index contributed by atoms with van der Waals surface area (Å²) in [6.07, 6.45) is 1.13. The van der Waals surface area contributed by atoms with Crippen LogP contribution in [0.25, 0.3) is 0 Å². The Labute approximate surface area is 117 Å². The van der Waals surface area contributed by atoms with Gasteiger partial charge in [0.2, 0.25) is 0 Å². The van der Waals surface area contributed by atoms with Crippen LogP contribution in [-0.4, -0.2) is 34.5 Å². The molecule has 2 rings (SSSR count). The van der Waals surface area contributed by atoms with Gasteiger partial charge in [-0.15, -0.1) is 11.3 Å². The van der Waals surface area contributed by atoms with Crippen molar-refractivity contribution in [2.24, 2.45) is 11.8 Å². The molecule has 1 N–H and O–H groups in total. The third-order valence-electron chi connectivity index (χ3n) is 3.89. The lowest BCUT2D eigenvalue weighted by Crippen LogP contribution is -2.48. The monoisotopic (exact) mass is 281 g/mol. The van der Waals surface area contributed by atoms with E-state index in [1.807, 2.05) is 4.90 Å². The van der Waals surface area contributed by atoms with Crippen molar-refractivity contribution in [1.29, 1.82) is 0 Å².